The summed E-state index contributed by atoms with van der Waals surface area (Å²) in [5.74, 6) is -8.78. The highest BCUT2D eigenvalue weighted by atomic mass is 16.4. The third-order valence-electron chi connectivity index (χ3n) is 6.61. The van der Waals surface area contributed by atoms with E-state index < -0.39 is 69.7 Å². The van der Waals surface area contributed by atoms with Gasteiger partial charge < -0.3 is 31.3 Å². The van der Waals surface area contributed by atoms with E-state index in [1.165, 1.54) is 37.2 Å². The van der Waals surface area contributed by atoms with E-state index >= 15 is 0 Å². The molecule has 7 N–H and O–H groups in total. The van der Waals surface area contributed by atoms with Crippen LogP contribution in [0.2, 0.25) is 0 Å². The van der Waals surface area contributed by atoms with Crippen LogP contribution in [0.1, 0.15) is 11.1 Å². The SMILES string of the molecule is C=C1c2cccc(O)c2C(O)=C2C(=O)[C@]3(O)C(O)=C(C(N)=O)C(=O)[C@H](N(C)C)[C@@H]3[C@@H](O)[C@H]12. The largest absolute Gasteiger partial charge is 0.508 e. The van der Waals surface area contributed by atoms with E-state index in [1.54, 1.807) is 0 Å². The molecule has 1 aromatic rings. The maximum atomic E-state index is 13.6. The van der Waals surface area contributed by atoms with Crippen LogP contribution in [0.5, 0.6) is 5.75 Å². The van der Waals surface area contributed by atoms with E-state index in [0.717, 1.165) is 0 Å². The maximum Gasteiger partial charge on any atom is 0.255 e. The molecule has 168 valence electrons. The van der Waals surface area contributed by atoms with E-state index in [4.69, 9.17) is 5.73 Å². The zero-order chi connectivity index (χ0) is 23.9. The number of rotatable bonds is 2. The normalized spacial score (nSPS) is 32.1. The van der Waals surface area contributed by atoms with Crippen molar-refractivity contribution in [2.45, 2.75) is 17.7 Å². The van der Waals surface area contributed by atoms with Crippen molar-refractivity contribution in [1.29, 1.82) is 0 Å². The highest BCUT2D eigenvalue weighted by Gasteiger charge is 2.68. The van der Waals surface area contributed by atoms with Crippen LogP contribution in [0.3, 0.4) is 0 Å². The molecule has 3 aliphatic rings. The summed E-state index contributed by atoms with van der Waals surface area (Å²) in [5.41, 5.74) is 1.16. The number of nitrogens with two attached hydrogens (primary N) is 1. The number of nitrogens with zero attached hydrogens (tertiary/aromatic N) is 1. The molecule has 0 unspecified atom stereocenters. The van der Waals surface area contributed by atoms with Gasteiger partial charge in [0, 0.05) is 5.92 Å². The Morgan fingerprint density at radius 3 is 2.38 bits per heavy atom. The number of aliphatic hydroxyl groups is 4. The quantitative estimate of drug-likeness (QED) is 0.326. The zero-order valence-electron chi connectivity index (χ0n) is 17.2. The van der Waals surface area contributed by atoms with Crippen molar-refractivity contribution < 1.29 is 39.9 Å². The molecule has 0 saturated heterocycles. The standard InChI is InChI=1S/C22H22N2O8/c1-7-8-5-4-6-9(25)11(8)16(26)12-10(7)17(27)14-15(24(2)3)18(28)13(21(23)31)20(30)22(14,32)19(12)29/h4-6,10,14-15,17,25-27,30,32H,1H2,2-3H3,(H2,23,31)/t10-,14-,15-,17+,22+/m1/s1. The molecule has 1 amide bonds. The fraction of sp³-hybridized carbons (Fsp3) is 0.318. The van der Waals surface area contributed by atoms with E-state index in [1.807, 2.05) is 0 Å². The molecule has 1 saturated carbocycles. The molecule has 1 aromatic carbocycles. The maximum absolute atomic E-state index is 13.6. The smallest absolute Gasteiger partial charge is 0.255 e. The lowest BCUT2D eigenvalue weighted by Gasteiger charge is -2.52. The van der Waals surface area contributed by atoms with E-state index in [2.05, 4.69) is 6.58 Å². The lowest BCUT2D eigenvalue weighted by Crippen LogP contribution is -2.70. The molecule has 5 atom stereocenters. The van der Waals surface area contributed by atoms with Gasteiger partial charge in [-0.2, -0.15) is 0 Å². The second kappa shape index (κ2) is 6.76. The topological polar surface area (TPSA) is 182 Å². The molecule has 0 radical (unpaired) electrons. The van der Waals surface area contributed by atoms with Gasteiger partial charge in [-0.05, 0) is 31.3 Å². The molecule has 10 heteroatoms. The van der Waals surface area contributed by atoms with Crippen LogP contribution in [-0.2, 0) is 14.4 Å². The van der Waals surface area contributed by atoms with Gasteiger partial charge in [-0.15, -0.1) is 0 Å². The molecule has 0 spiro atoms. The van der Waals surface area contributed by atoms with Gasteiger partial charge in [0.25, 0.3) is 5.91 Å². The van der Waals surface area contributed by atoms with Gasteiger partial charge in [0.1, 0.15) is 22.8 Å². The Labute approximate surface area is 182 Å². The van der Waals surface area contributed by atoms with Crippen molar-refractivity contribution in [1.82, 2.24) is 4.90 Å². The second-order valence-electron chi connectivity index (χ2n) is 8.44. The molecule has 0 aliphatic heterocycles. The summed E-state index contributed by atoms with van der Waals surface area (Å²) in [4.78, 5) is 39.8. The van der Waals surface area contributed by atoms with Gasteiger partial charge in [-0.25, -0.2) is 0 Å². The minimum atomic E-state index is -2.94. The first-order chi connectivity index (χ1) is 14.9. The van der Waals surface area contributed by atoms with Gasteiger partial charge >= 0.3 is 0 Å². The van der Waals surface area contributed by atoms with Crippen LogP contribution in [-0.4, -0.2) is 79.7 Å². The van der Waals surface area contributed by atoms with Gasteiger partial charge in [0.15, 0.2) is 11.4 Å². The molecule has 0 bridgehead atoms. The average Bonchev–Trinajstić information content (AvgIpc) is 2.70. The predicted molar refractivity (Wildman–Crippen MR) is 111 cm³/mol. The number of likely N-dealkylation sites (N-methyl/N-ethyl adjacent to an activating group) is 1. The number of aromatic hydroxyl groups is 1. The fourth-order valence-corrected chi connectivity index (χ4v) is 5.21. The third-order valence-corrected chi connectivity index (χ3v) is 6.61. The number of aliphatic hydroxyl groups excluding tert-OH is 3. The number of benzene rings is 1. The number of hydrogen-bond acceptors (Lipinski definition) is 9. The Morgan fingerprint density at radius 2 is 1.81 bits per heavy atom. The summed E-state index contributed by atoms with van der Waals surface area (Å²) < 4.78 is 0. The van der Waals surface area contributed by atoms with Crippen LogP contribution < -0.4 is 5.73 Å². The Kier molecular flexibility index (Phi) is 4.60. The predicted octanol–water partition coefficient (Wildman–Crippen LogP) is -0.594. The fourth-order valence-electron chi connectivity index (χ4n) is 5.21. The summed E-state index contributed by atoms with van der Waals surface area (Å²) in [5, 5.41) is 54.7. The first kappa shape index (κ1) is 21.8. The molecule has 32 heavy (non-hydrogen) atoms. The van der Waals surface area contributed by atoms with Crippen molar-refractivity contribution in [3.63, 3.8) is 0 Å². The van der Waals surface area contributed by atoms with Crippen LogP contribution >= 0.6 is 0 Å². The third kappa shape index (κ3) is 2.42. The number of amides is 1. The number of fused-ring (bicyclic) bond motifs is 3. The lowest BCUT2D eigenvalue weighted by atomic mass is 9.55. The molecule has 1 fully saturated rings. The van der Waals surface area contributed by atoms with Crippen LogP contribution in [0, 0.1) is 11.8 Å². The first-order valence-electron chi connectivity index (χ1n) is 9.71. The van der Waals surface area contributed by atoms with Crippen molar-refractivity contribution in [3.8, 4) is 5.75 Å². The summed E-state index contributed by atoms with van der Waals surface area (Å²) in [6.45, 7) is 3.91. The summed E-state index contributed by atoms with van der Waals surface area (Å²) in [6, 6.07) is 2.89. The highest BCUT2D eigenvalue weighted by Crippen LogP contribution is 2.55. The average molecular weight is 442 g/mol. The summed E-state index contributed by atoms with van der Waals surface area (Å²) in [7, 11) is 2.88. The van der Waals surface area contributed by atoms with Crippen LogP contribution in [0.15, 0.2) is 41.7 Å². The highest BCUT2D eigenvalue weighted by molar-refractivity contribution is 6.25. The number of primary amides is 1. The lowest BCUT2D eigenvalue weighted by molar-refractivity contribution is -0.166. The zero-order valence-corrected chi connectivity index (χ0v) is 17.2. The van der Waals surface area contributed by atoms with Gasteiger partial charge in [0.05, 0.1) is 29.2 Å². The van der Waals surface area contributed by atoms with Gasteiger partial charge in [-0.1, -0.05) is 18.7 Å². The van der Waals surface area contributed by atoms with Crippen molar-refractivity contribution in [2.24, 2.45) is 17.6 Å². The molecule has 0 aromatic heterocycles. The monoisotopic (exact) mass is 442 g/mol. The first-order valence-corrected chi connectivity index (χ1v) is 9.71. The van der Waals surface area contributed by atoms with Gasteiger partial charge in [-0.3, -0.25) is 19.3 Å². The van der Waals surface area contributed by atoms with Crippen molar-refractivity contribution in [2.75, 3.05) is 14.1 Å². The van der Waals surface area contributed by atoms with Crippen LogP contribution in [0.4, 0.5) is 0 Å². The van der Waals surface area contributed by atoms with Crippen molar-refractivity contribution in [3.05, 3.63) is 52.8 Å². The Morgan fingerprint density at radius 1 is 1.19 bits per heavy atom. The van der Waals surface area contributed by atoms with Crippen LogP contribution in [0.25, 0.3) is 11.3 Å². The van der Waals surface area contributed by atoms with Crippen molar-refractivity contribution >= 4 is 28.8 Å². The number of carbonyl (C=O) groups is 3. The molecule has 0 heterocycles. The molecule has 3 aliphatic carbocycles. The Balaban J connectivity index is 2.08. The van der Waals surface area contributed by atoms with Gasteiger partial charge in [0.2, 0.25) is 5.78 Å². The number of phenolic OH excluding ortho intramolecular Hbond substituents is 1. The molecular formula is C22H22N2O8. The van der Waals surface area contributed by atoms with E-state index in [9.17, 15) is 39.9 Å². The minimum absolute atomic E-state index is 0.124. The number of hydrogen-bond donors (Lipinski definition) is 6. The number of ketones is 2. The van der Waals surface area contributed by atoms with E-state index in [0.29, 0.717) is 0 Å². The number of Topliss-reactive ketones (excluding diaryl/α,β-unsaturated/α-hetero) is 2. The molecule has 10 nitrogen and oxygen atoms in total. The summed E-state index contributed by atoms with van der Waals surface area (Å²) in [6.07, 6.45) is -1.69. The molecule has 4 rings (SSSR count). The second-order valence-corrected chi connectivity index (χ2v) is 8.44. The Hall–Kier alpha value is -3.47. The number of carbonyl (C=O) groups excluding carboxylic acids is 3. The Bertz CT molecular complexity index is 1180. The minimum Gasteiger partial charge on any atom is -0.508 e. The molecular weight excluding hydrogens is 420 g/mol. The van der Waals surface area contributed by atoms with E-state index in [-0.39, 0.29) is 22.4 Å². The number of phenols is 1. The summed E-state index contributed by atoms with van der Waals surface area (Å²) >= 11 is 0.